The van der Waals surface area contributed by atoms with E-state index in [4.69, 9.17) is 0 Å². The Bertz CT molecular complexity index is 602. The van der Waals surface area contributed by atoms with Crippen LogP contribution < -0.4 is 5.32 Å². The maximum atomic E-state index is 12.0. The first-order chi connectivity index (χ1) is 10.2. The molecule has 0 bridgehead atoms. The Labute approximate surface area is 126 Å². The molecule has 0 unspecified atom stereocenters. The molecule has 2 heteroatoms. The predicted octanol–water partition coefficient (Wildman–Crippen LogP) is 4.51. The van der Waals surface area contributed by atoms with Gasteiger partial charge in [0.05, 0.1) is 0 Å². The number of hydrogen-bond acceptors (Lipinski definition) is 2. The number of ketones is 1. The van der Waals surface area contributed by atoms with Gasteiger partial charge in [0.25, 0.3) is 0 Å². The topological polar surface area (TPSA) is 29.1 Å². The number of rotatable bonds is 6. The number of benzene rings is 2. The van der Waals surface area contributed by atoms with Gasteiger partial charge in [0, 0.05) is 23.7 Å². The van der Waals surface area contributed by atoms with Crippen molar-refractivity contribution < 1.29 is 4.79 Å². The van der Waals surface area contributed by atoms with Crippen LogP contribution in [0.1, 0.15) is 42.2 Å². The third kappa shape index (κ3) is 4.60. The van der Waals surface area contributed by atoms with Gasteiger partial charge in [0.2, 0.25) is 0 Å². The van der Waals surface area contributed by atoms with Crippen molar-refractivity contribution in [1.29, 1.82) is 0 Å². The number of hydrogen-bond donors (Lipinski definition) is 1. The second-order valence-corrected chi connectivity index (χ2v) is 5.16. The van der Waals surface area contributed by atoms with E-state index in [-0.39, 0.29) is 11.8 Å². The summed E-state index contributed by atoms with van der Waals surface area (Å²) in [6.07, 6.45) is 2.37. The van der Waals surface area contributed by atoms with E-state index >= 15 is 0 Å². The Morgan fingerprint density at radius 3 is 2.24 bits per heavy atom. The summed E-state index contributed by atoms with van der Waals surface area (Å²) < 4.78 is 0. The molecule has 0 heterocycles. The Morgan fingerprint density at radius 1 is 1.05 bits per heavy atom. The lowest BCUT2D eigenvalue weighted by Gasteiger charge is -2.16. The lowest BCUT2D eigenvalue weighted by molar-refractivity contribution is 0.0995. The van der Waals surface area contributed by atoms with Crippen molar-refractivity contribution in [3.05, 3.63) is 83.6 Å². The fourth-order valence-corrected chi connectivity index (χ4v) is 2.21. The lowest BCUT2D eigenvalue weighted by Crippen LogP contribution is -2.16. The maximum Gasteiger partial charge on any atom is 0.166 e. The summed E-state index contributed by atoms with van der Waals surface area (Å²) >= 11 is 0. The van der Waals surface area contributed by atoms with E-state index in [0.717, 1.165) is 11.3 Å². The molecule has 21 heavy (non-hydrogen) atoms. The van der Waals surface area contributed by atoms with Gasteiger partial charge >= 0.3 is 0 Å². The Kier molecular flexibility index (Phi) is 5.33. The van der Waals surface area contributed by atoms with E-state index in [0.29, 0.717) is 6.42 Å². The number of Topliss-reactive ketones (excluding diaryl/α,β-unsaturated/α-hetero) is 1. The second kappa shape index (κ2) is 7.44. The third-order valence-electron chi connectivity index (χ3n) is 3.43. The molecule has 2 nitrogen and oxygen atoms in total. The van der Waals surface area contributed by atoms with Crippen molar-refractivity contribution in [3.63, 3.8) is 0 Å². The number of nitrogens with one attached hydrogen (secondary N) is 1. The number of carbonyl (C=O) groups excluding carboxylic acids is 1. The monoisotopic (exact) mass is 279 g/mol. The van der Waals surface area contributed by atoms with Crippen molar-refractivity contribution in [1.82, 2.24) is 5.32 Å². The molecule has 0 saturated carbocycles. The SMILES string of the molecule is C/C(=C/CC(=O)c1ccccc1)N[C@@H](C)c1ccccc1. The molecule has 0 amide bonds. The molecular formula is C19H21NO. The minimum absolute atomic E-state index is 0.143. The average Bonchev–Trinajstić information content (AvgIpc) is 2.54. The minimum Gasteiger partial charge on any atom is -0.382 e. The molecule has 2 rings (SSSR count). The molecule has 0 radical (unpaired) electrons. The molecule has 1 atom stereocenters. The van der Waals surface area contributed by atoms with Crippen LogP contribution in [0.15, 0.2) is 72.4 Å². The van der Waals surface area contributed by atoms with Crippen LogP contribution in [0.3, 0.4) is 0 Å². The smallest absolute Gasteiger partial charge is 0.166 e. The van der Waals surface area contributed by atoms with E-state index in [1.807, 2.05) is 61.5 Å². The first-order valence-electron chi connectivity index (χ1n) is 7.23. The van der Waals surface area contributed by atoms with Crippen LogP contribution in [-0.2, 0) is 0 Å². The van der Waals surface area contributed by atoms with Crippen molar-refractivity contribution in [2.45, 2.75) is 26.3 Å². The van der Waals surface area contributed by atoms with E-state index in [1.54, 1.807) is 0 Å². The minimum atomic E-state index is 0.143. The van der Waals surface area contributed by atoms with Crippen LogP contribution in [-0.4, -0.2) is 5.78 Å². The van der Waals surface area contributed by atoms with Crippen LogP contribution in [0.25, 0.3) is 0 Å². The molecule has 0 fully saturated rings. The molecule has 0 spiro atoms. The van der Waals surface area contributed by atoms with Crippen LogP contribution in [0.4, 0.5) is 0 Å². The maximum absolute atomic E-state index is 12.0. The molecule has 0 aliphatic rings. The first kappa shape index (κ1) is 15.0. The summed E-state index contributed by atoms with van der Waals surface area (Å²) in [4.78, 5) is 12.0. The molecule has 1 N–H and O–H groups in total. The summed E-state index contributed by atoms with van der Waals surface area (Å²) in [5.41, 5.74) is 3.02. The van der Waals surface area contributed by atoms with Crippen LogP contribution >= 0.6 is 0 Å². The van der Waals surface area contributed by atoms with Gasteiger partial charge in [-0.2, -0.15) is 0 Å². The van der Waals surface area contributed by atoms with E-state index < -0.39 is 0 Å². The van der Waals surface area contributed by atoms with Crippen molar-refractivity contribution in [3.8, 4) is 0 Å². The van der Waals surface area contributed by atoms with Crippen LogP contribution in [0.2, 0.25) is 0 Å². The molecule has 0 aromatic heterocycles. The van der Waals surface area contributed by atoms with Crippen molar-refractivity contribution >= 4 is 5.78 Å². The highest BCUT2D eigenvalue weighted by molar-refractivity contribution is 5.96. The van der Waals surface area contributed by atoms with Gasteiger partial charge in [-0.05, 0) is 19.4 Å². The van der Waals surface area contributed by atoms with Crippen LogP contribution in [0.5, 0.6) is 0 Å². The number of allylic oxidation sites excluding steroid dienone is 2. The Hall–Kier alpha value is -2.35. The highest BCUT2D eigenvalue weighted by atomic mass is 16.1. The van der Waals surface area contributed by atoms with Gasteiger partial charge in [-0.3, -0.25) is 4.79 Å². The average molecular weight is 279 g/mol. The van der Waals surface area contributed by atoms with Gasteiger partial charge in [-0.1, -0.05) is 66.7 Å². The van der Waals surface area contributed by atoms with Crippen molar-refractivity contribution in [2.24, 2.45) is 0 Å². The molecule has 108 valence electrons. The highest BCUT2D eigenvalue weighted by Gasteiger charge is 2.05. The highest BCUT2D eigenvalue weighted by Crippen LogP contribution is 2.13. The van der Waals surface area contributed by atoms with Crippen LogP contribution in [0, 0.1) is 0 Å². The fourth-order valence-electron chi connectivity index (χ4n) is 2.21. The van der Waals surface area contributed by atoms with Gasteiger partial charge < -0.3 is 5.32 Å². The zero-order valence-corrected chi connectivity index (χ0v) is 12.5. The summed E-state index contributed by atoms with van der Waals surface area (Å²) in [6.45, 7) is 4.11. The summed E-state index contributed by atoms with van der Waals surface area (Å²) in [7, 11) is 0. The molecule has 0 aliphatic carbocycles. The van der Waals surface area contributed by atoms with Crippen molar-refractivity contribution in [2.75, 3.05) is 0 Å². The van der Waals surface area contributed by atoms with E-state index in [1.165, 1.54) is 5.56 Å². The third-order valence-corrected chi connectivity index (χ3v) is 3.43. The molecule has 0 saturated heterocycles. The lowest BCUT2D eigenvalue weighted by atomic mass is 10.1. The zero-order chi connectivity index (χ0) is 15.1. The zero-order valence-electron chi connectivity index (χ0n) is 12.5. The quantitative estimate of drug-likeness (QED) is 0.788. The van der Waals surface area contributed by atoms with E-state index in [2.05, 4.69) is 24.4 Å². The number of carbonyl (C=O) groups is 1. The van der Waals surface area contributed by atoms with E-state index in [9.17, 15) is 4.79 Å². The Balaban J connectivity index is 1.91. The largest absolute Gasteiger partial charge is 0.382 e. The first-order valence-corrected chi connectivity index (χ1v) is 7.23. The van der Waals surface area contributed by atoms with Gasteiger partial charge in [0.1, 0.15) is 0 Å². The van der Waals surface area contributed by atoms with Gasteiger partial charge in [-0.15, -0.1) is 0 Å². The summed E-state index contributed by atoms with van der Waals surface area (Å²) in [5, 5.41) is 3.41. The molecule has 2 aromatic carbocycles. The summed E-state index contributed by atoms with van der Waals surface area (Å²) in [6, 6.07) is 19.9. The molecule has 0 aliphatic heterocycles. The summed E-state index contributed by atoms with van der Waals surface area (Å²) in [5.74, 6) is 0.143. The Morgan fingerprint density at radius 2 is 1.62 bits per heavy atom. The molecule has 2 aromatic rings. The second-order valence-electron chi connectivity index (χ2n) is 5.16. The van der Waals surface area contributed by atoms with Gasteiger partial charge in [0.15, 0.2) is 5.78 Å². The standard InChI is InChI=1S/C19H21NO/c1-15(20-16(2)17-9-5-3-6-10-17)13-14-19(21)18-11-7-4-8-12-18/h3-13,16,20H,14H2,1-2H3/b15-13-/t16-/m0/s1. The molecular weight excluding hydrogens is 258 g/mol. The predicted molar refractivity (Wildman–Crippen MR) is 87.1 cm³/mol. The van der Waals surface area contributed by atoms with Gasteiger partial charge in [-0.25, -0.2) is 0 Å². The fraction of sp³-hybridized carbons (Fsp3) is 0.211. The normalized spacial score (nSPS) is 12.8.